The van der Waals surface area contributed by atoms with Crippen molar-refractivity contribution in [3.63, 3.8) is 0 Å². The summed E-state index contributed by atoms with van der Waals surface area (Å²) in [6, 6.07) is 6.94. The summed E-state index contributed by atoms with van der Waals surface area (Å²) in [5.74, 6) is -0.0359. The van der Waals surface area contributed by atoms with Gasteiger partial charge in [-0.2, -0.15) is 5.10 Å². The van der Waals surface area contributed by atoms with Gasteiger partial charge in [0.25, 0.3) is 0 Å². The fourth-order valence-electron chi connectivity index (χ4n) is 3.18. The summed E-state index contributed by atoms with van der Waals surface area (Å²) in [6.45, 7) is 3.48. The number of nitrogens with zero attached hydrogens (tertiary/aromatic N) is 2. The smallest absolute Gasteiger partial charge is 0.248 e. The molecule has 0 radical (unpaired) electrons. The van der Waals surface area contributed by atoms with E-state index in [-0.39, 0.29) is 11.9 Å². The monoisotopic (exact) mass is 366 g/mol. The maximum atomic E-state index is 13.1. The Morgan fingerprint density at radius 1 is 1.38 bits per heavy atom. The van der Waals surface area contributed by atoms with E-state index in [0.29, 0.717) is 22.9 Å². The summed E-state index contributed by atoms with van der Waals surface area (Å²) in [6.07, 6.45) is 4.95. The number of amides is 1. The zero-order valence-corrected chi connectivity index (χ0v) is 14.9. The Morgan fingerprint density at radius 3 is 2.75 bits per heavy atom. The highest BCUT2D eigenvalue weighted by Gasteiger charge is 2.42. The summed E-state index contributed by atoms with van der Waals surface area (Å²) in [5, 5.41) is 11.9. The van der Waals surface area contributed by atoms with Gasteiger partial charge < -0.3 is 10.6 Å². The van der Waals surface area contributed by atoms with Crippen molar-refractivity contribution in [1.82, 2.24) is 20.4 Å². The van der Waals surface area contributed by atoms with Gasteiger partial charge in [-0.3, -0.25) is 9.48 Å². The highest BCUT2D eigenvalue weighted by Crippen LogP contribution is 2.30. The summed E-state index contributed by atoms with van der Waals surface area (Å²) >= 11 is 12.2. The molecule has 128 valence electrons. The summed E-state index contributed by atoms with van der Waals surface area (Å²) in [4.78, 5) is 13.1. The average Bonchev–Trinajstić information content (AvgIpc) is 3.10. The molecule has 5 nitrogen and oxygen atoms in total. The van der Waals surface area contributed by atoms with Crippen LogP contribution in [0.4, 0.5) is 0 Å². The lowest BCUT2D eigenvalue weighted by atomic mass is 9.87. The molecule has 24 heavy (non-hydrogen) atoms. The zero-order valence-electron chi connectivity index (χ0n) is 13.4. The van der Waals surface area contributed by atoms with Crippen LogP contribution < -0.4 is 10.6 Å². The van der Waals surface area contributed by atoms with Crippen molar-refractivity contribution in [3.8, 4) is 0 Å². The summed E-state index contributed by atoms with van der Waals surface area (Å²) in [7, 11) is 0. The minimum Gasteiger partial charge on any atom is -0.347 e. The highest BCUT2D eigenvalue weighted by atomic mass is 35.5. The first-order chi connectivity index (χ1) is 11.5. The molecule has 2 heterocycles. The van der Waals surface area contributed by atoms with Crippen LogP contribution in [0.3, 0.4) is 0 Å². The molecule has 3 rings (SSSR count). The van der Waals surface area contributed by atoms with E-state index in [2.05, 4.69) is 15.7 Å². The Kier molecular flexibility index (Phi) is 5.13. The van der Waals surface area contributed by atoms with Crippen molar-refractivity contribution in [2.45, 2.75) is 31.3 Å². The molecule has 1 amide bonds. The lowest BCUT2D eigenvalue weighted by Gasteiger charge is -2.37. The Morgan fingerprint density at radius 2 is 2.12 bits per heavy atom. The predicted octanol–water partition coefficient (Wildman–Crippen LogP) is 3.15. The molecule has 0 saturated carbocycles. The van der Waals surface area contributed by atoms with Crippen molar-refractivity contribution < 1.29 is 4.79 Å². The van der Waals surface area contributed by atoms with Crippen LogP contribution >= 0.6 is 23.2 Å². The van der Waals surface area contributed by atoms with Crippen LogP contribution in [0, 0.1) is 0 Å². The molecule has 0 spiro atoms. The van der Waals surface area contributed by atoms with Gasteiger partial charge >= 0.3 is 0 Å². The molecule has 1 saturated heterocycles. The average molecular weight is 367 g/mol. The number of hydrogen-bond acceptors (Lipinski definition) is 3. The fourth-order valence-corrected chi connectivity index (χ4v) is 3.76. The first-order valence-corrected chi connectivity index (χ1v) is 8.75. The predicted molar refractivity (Wildman–Crippen MR) is 95.3 cm³/mol. The van der Waals surface area contributed by atoms with Gasteiger partial charge in [-0.05, 0) is 56.6 Å². The molecular formula is C17H20Cl2N4O. The van der Waals surface area contributed by atoms with Crippen LogP contribution in [-0.2, 0) is 10.3 Å². The molecule has 1 fully saturated rings. The van der Waals surface area contributed by atoms with Crippen LogP contribution in [0.15, 0.2) is 36.7 Å². The van der Waals surface area contributed by atoms with E-state index in [1.165, 1.54) is 0 Å². The molecule has 1 aromatic carbocycles. The molecule has 2 aromatic rings. The standard InChI is InChI=1S/C17H20Cl2N4O/c1-12(14-4-3-13(18)11-15(14)19)22-16(24)17(5-8-20-9-6-17)23-10-2-7-21-23/h2-4,7,10-12,20H,5-6,8-9H2,1H3,(H,22,24). The lowest BCUT2D eigenvalue weighted by molar-refractivity contribution is -0.132. The van der Waals surface area contributed by atoms with Crippen molar-refractivity contribution in [2.24, 2.45) is 0 Å². The highest BCUT2D eigenvalue weighted by molar-refractivity contribution is 6.35. The molecule has 7 heteroatoms. The van der Waals surface area contributed by atoms with E-state index in [1.54, 1.807) is 23.0 Å². The van der Waals surface area contributed by atoms with E-state index in [0.717, 1.165) is 18.7 Å². The van der Waals surface area contributed by atoms with Crippen molar-refractivity contribution >= 4 is 29.1 Å². The largest absolute Gasteiger partial charge is 0.347 e. The zero-order chi connectivity index (χ0) is 17.2. The molecule has 1 unspecified atom stereocenters. The van der Waals surface area contributed by atoms with Crippen molar-refractivity contribution in [3.05, 3.63) is 52.3 Å². The van der Waals surface area contributed by atoms with Crippen LogP contribution in [0.25, 0.3) is 0 Å². The number of nitrogens with one attached hydrogen (secondary N) is 2. The number of halogens is 2. The third kappa shape index (κ3) is 3.29. The van der Waals surface area contributed by atoms with E-state index >= 15 is 0 Å². The van der Waals surface area contributed by atoms with E-state index in [9.17, 15) is 4.79 Å². The Balaban J connectivity index is 1.83. The van der Waals surface area contributed by atoms with Crippen molar-refractivity contribution in [2.75, 3.05) is 13.1 Å². The molecule has 1 aliphatic rings. The number of aromatic nitrogens is 2. The van der Waals surface area contributed by atoms with Gasteiger partial charge in [-0.15, -0.1) is 0 Å². The number of piperidine rings is 1. The summed E-state index contributed by atoms with van der Waals surface area (Å²) in [5.41, 5.74) is 0.181. The first kappa shape index (κ1) is 17.3. The maximum Gasteiger partial charge on any atom is 0.248 e. The van der Waals surface area contributed by atoms with Gasteiger partial charge in [0.15, 0.2) is 0 Å². The van der Waals surface area contributed by atoms with Gasteiger partial charge in [0.2, 0.25) is 5.91 Å². The topological polar surface area (TPSA) is 59.0 Å². The molecular weight excluding hydrogens is 347 g/mol. The third-order valence-corrected chi connectivity index (χ3v) is 5.14. The van der Waals surface area contributed by atoms with Crippen LogP contribution in [-0.4, -0.2) is 28.8 Å². The third-order valence-electron chi connectivity index (χ3n) is 4.57. The lowest BCUT2D eigenvalue weighted by Crippen LogP contribution is -2.55. The second-order valence-electron chi connectivity index (χ2n) is 6.09. The minimum atomic E-state index is -0.665. The Bertz CT molecular complexity index is 711. The Hall–Kier alpha value is -1.56. The van der Waals surface area contributed by atoms with Crippen LogP contribution in [0.5, 0.6) is 0 Å². The van der Waals surface area contributed by atoms with E-state index in [1.807, 2.05) is 25.3 Å². The summed E-state index contributed by atoms with van der Waals surface area (Å²) < 4.78 is 1.78. The molecule has 2 N–H and O–H groups in total. The number of benzene rings is 1. The number of hydrogen-bond donors (Lipinski definition) is 2. The van der Waals surface area contributed by atoms with Crippen LogP contribution in [0.1, 0.15) is 31.4 Å². The van der Waals surface area contributed by atoms with E-state index < -0.39 is 5.54 Å². The minimum absolute atomic E-state index is 0.0359. The maximum absolute atomic E-state index is 13.1. The molecule has 1 aromatic heterocycles. The fraction of sp³-hybridized carbons (Fsp3) is 0.412. The first-order valence-electron chi connectivity index (χ1n) is 8.00. The SMILES string of the molecule is CC(NC(=O)C1(n2cccn2)CCNCC1)c1ccc(Cl)cc1Cl. The molecule has 1 atom stereocenters. The Labute approximate surface area is 151 Å². The number of carbonyl (C=O) groups excluding carboxylic acids is 1. The molecule has 0 bridgehead atoms. The van der Waals surface area contributed by atoms with Gasteiger partial charge in [-0.25, -0.2) is 0 Å². The van der Waals surface area contributed by atoms with E-state index in [4.69, 9.17) is 23.2 Å². The second kappa shape index (κ2) is 7.13. The number of rotatable bonds is 4. The normalized spacial score (nSPS) is 18.1. The van der Waals surface area contributed by atoms with Gasteiger partial charge in [0.1, 0.15) is 5.54 Å². The molecule has 1 aliphatic heterocycles. The number of carbonyl (C=O) groups is 1. The van der Waals surface area contributed by atoms with Gasteiger partial charge in [0.05, 0.1) is 6.04 Å². The van der Waals surface area contributed by atoms with Gasteiger partial charge in [0, 0.05) is 22.4 Å². The van der Waals surface area contributed by atoms with Crippen LogP contribution in [0.2, 0.25) is 10.0 Å². The quantitative estimate of drug-likeness (QED) is 0.873. The second-order valence-corrected chi connectivity index (χ2v) is 6.94. The van der Waals surface area contributed by atoms with Gasteiger partial charge in [-0.1, -0.05) is 29.3 Å². The molecule has 0 aliphatic carbocycles. The van der Waals surface area contributed by atoms with Crippen molar-refractivity contribution in [1.29, 1.82) is 0 Å².